The average Bonchev–Trinajstić information content (AvgIpc) is 2.89. The van der Waals surface area contributed by atoms with Crippen molar-refractivity contribution in [2.75, 3.05) is 13.3 Å². The third-order valence-electron chi connectivity index (χ3n) is 2.07. The number of ether oxygens (including phenoxy) is 1. The van der Waals surface area contributed by atoms with Gasteiger partial charge in [-0.3, -0.25) is 0 Å². The molecule has 5 nitrogen and oxygen atoms in total. The van der Waals surface area contributed by atoms with Crippen LogP contribution in [-0.2, 0) is 0 Å². The van der Waals surface area contributed by atoms with Gasteiger partial charge >= 0.3 is 0 Å². The van der Waals surface area contributed by atoms with E-state index in [2.05, 4.69) is 10.2 Å². The Morgan fingerprint density at radius 2 is 2.12 bits per heavy atom. The third kappa shape index (κ3) is 2.39. The average molecular weight is 232 g/mol. The monoisotopic (exact) mass is 232 g/mol. The van der Waals surface area contributed by atoms with Gasteiger partial charge in [0.1, 0.15) is 30.8 Å². The van der Waals surface area contributed by atoms with E-state index in [4.69, 9.17) is 10.00 Å². The van der Waals surface area contributed by atoms with Crippen LogP contribution in [0.1, 0.15) is 5.56 Å². The van der Waals surface area contributed by atoms with Gasteiger partial charge in [0.05, 0.1) is 18.0 Å². The second-order valence-corrected chi connectivity index (χ2v) is 3.15. The van der Waals surface area contributed by atoms with E-state index in [0.29, 0.717) is 17.0 Å². The number of benzene rings is 1. The van der Waals surface area contributed by atoms with Gasteiger partial charge in [0.15, 0.2) is 0 Å². The summed E-state index contributed by atoms with van der Waals surface area (Å²) >= 11 is 0. The number of halogens is 1. The molecule has 86 valence electrons. The van der Waals surface area contributed by atoms with Crippen LogP contribution < -0.4 is 4.74 Å². The highest BCUT2D eigenvalue weighted by molar-refractivity contribution is 5.51. The zero-order valence-corrected chi connectivity index (χ0v) is 8.88. The van der Waals surface area contributed by atoms with Gasteiger partial charge in [-0.25, -0.2) is 4.39 Å². The molecule has 0 radical (unpaired) electrons. The van der Waals surface area contributed by atoms with E-state index in [0.717, 1.165) is 0 Å². The van der Waals surface area contributed by atoms with E-state index >= 15 is 0 Å². The predicted molar refractivity (Wildman–Crippen MR) is 57.5 cm³/mol. The molecule has 0 aliphatic rings. The minimum Gasteiger partial charge on any atom is -0.491 e. The summed E-state index contributed by atoms with van der Waals surface area (Å²) in [5, 5.41) is 16.8. The number of rotatable bonds is 4. The molecule has 0 aliphatic heterocycles. The second kappa shape index (κ2) is 5.07. The Hall–Kier alpha value is -2.42. The van der Waals surface area contributed by atoms with Crippen molar-refractivity contribution in [2.24, 2.45) is 0 Å². The number of alkyl halides is 1. The van der Waals surface area contributed by atoms with E-state index in [9.17, 15) is 4.39 Å². The van der Waals surface area contributed by atoms with Gasteiger partial charge in [-0.05, 0) is 12.1 Å². The smallest absolute Gasteiger partial charge is 0.123 e. The Bertz CT molecular complexity index is 533. The molecule has 17 heavy (non-hydrogen) atoms. The molecule has 1 aromatic heterocycles. The topological polar surface area (TPSA) is 63.7 Å². The molecule has 0 saturated carbocycles. The molecular weight excluding hydrogens is 223 g/mol. The van der Waals surface area contributed by atoms with Gasteiger partial charge in [0.25, 0.3) is 0 Å². The van der Waals surface area contributed by atoms with Crippen molar-refractivity contribution in [3.63, 3.8) is 0 Å². The molecule has 0 N–H and O–H groups in total. The summed E-state index contributed by atoms with van der Waals surface area (Å²) < 4.78 is 17.1. The van der Waals surface area contributed by atoms with E-state index in [1.54, 1.807) is 18.2 Å². The standard InChI is InChI=1S/C11H9FN4O/c12-3-6-17-10-2-1-9(8-13)11(7-10)16-14-4-5-15-16/h1-2,4-5,7H,3,6H2. The number of hydrogen-bond donors (Lipinski definition) is 0. The summed E-state index contributed by atoms with van der Waals surface area (Å²) in [6.07, 6.45) is 3.02. The highest BCUT2D eigenvalue weighted by Gasteiger charge is 2.07. The predicted octanol–water partition coefficient (Wildman–Crippen LogP) is 1.49. The maximum atomic E-state index is 12.0. The minimum atomic E-state index is -0.560. The maximum absolute atomic E-state index is 12.0. The normalized spacial score (nSPS) is 9.88. The molecule has 0 atom stereocenters. The summed E-state index contributed by atoms with van der Waals surface area (Å²) in [7, 11) is 0. The van der Waals surface area contributed by atoms with Gasteiger partial charge in [-0.15, -0.1) is 0 Å². The Morgan fingerprint density at radius 1 is 1.35 bits per heavy atom. The fourth-order valence-electron chi connectivity index (χ4n) is 1.36. The molecular formula is C11H9FN4O. The first-order valence-electron chi connectivity index (χ1n) is 4.95. The first-order chi connectivity index (χ1) is 8.35. The molecule has 0 aliphatic carbocycles. The van der Waals surface area contributed by atoms with E-state index in [1.807, 2.05) is 6.07 Å². The largest absolute Gasteiger partial charge is 0.491 e. The molecule has 2 aromatic rings. The SMILES string of the molecule is N#Cc1ccc(OCCF)cc1-n1nccn1. The van der Waals surface area contributed by atoms with Crippen molar-refractivity contribution < 1.29 is 9.13 Å². The van der Waals surface area contributed by atoms with Crippen LogP contribution in [0, 0.1) is 11.3 Å². The van der Waals surface area contributed by atoms with Crippen LogP contribution in [0.15, 0.2) is 30.6 Å². The Morgan fingerprint density at radius 3 is 2.76 bits per heavy atom. The van der Waals surface area contributed by atoms with Crippen LogP contribution in [0.3, 0.4) is 0 Å². The van der Waals surface area contributed by atoms with E-state index in [1.165, 1.54) is 17.2 Å². The van der Waals surface area contributed by atoms with Crippen LogP contribution in [0.4, 0.5) is 4.39 Å². The maximum Gasteiger partial charge on any atom is 0.123 e. The highest BCUT2D eigenvalue weighted by atomic mass is 19.1. The van der Waals surface area contributed by atoms with Gasteiger partial charge in [-0.1, -0.05) is 0 Å². The summed E-state index contributed by atoms with van der Waals surface area (Å²) in [4.78, 5) is 1.32. The van der Waals surface area contributed by atoms with Crippen LogP contribution >= 0.6 is 0 Å². The van der Waals surface area contributed by atoms with Gasteiger partial charge in [0.2, 0.25) is 0 Å². The number of nitriles is 1. The van der Waals surface area contributed by atoms with Crippen LogP contribution in [-0.4, -0.2) is 28.3 Å². The van der Waals surface area contributed by atoms with Crippen LogP contribution in [0.2, 0.25) is 0 Å². The van der Waals surface area contributed by atoms with Crippen LogP contribution in [0.25, 0.3) is 5.69 Å². The lowest BCUT2D eigenvalue weighted by Gasteiger charge is -2.07. The first kappa shape index (κ1) is 11.1. The lowest BCUT2D eigenvalue weighted by Crippen LogP contribution is -2.04. The quantitative estimate of drug-likeness (QED) is 0.801. The summed E-state index contributed by atoms with van der Waals surface area (Å²) in [5.41, 5.74) is 0.933. The summed E-state index contributed by atoms with van der Waals surface area (Å²) in [6.45, 7) is -0.576. The van der Waals surface area contributed by atoms with Crippen molar-refractivity contribution in [1.29, 1.82) is 5.26 Å². The van der Waals surface area contributed by atoms with Crippen molar-refractivity contribution in [2.45, 2.75) is 0 Å². The van der Waals surface area contributed by atoms with Crippen molar-refractivity contribution >= 4 is 0 Å². The first-order valence-corrected chi connectivity index (χ1v) is 4.95. The Balaban J connectivity index is 2.38. The van der Waals surface area contributed by atoms with Crippen molar-refractivity contribution in [1.82, 2.24) is 15.0 Å². The van der Waals surface area contributed by atoms with Crippen LogP contribution in [0.5, 0.6) is 5.75 Å². The fourth-order valence-corrected chi connectivity index (χ4v) is 1.36. The lowest BCUT2D eigenvalue weighted by atomic mass is 10.2. The number of nitrogens with zero attached hydrogens (tertiary/aromatic N) is 4. The molecule has 0 unspecified atom stereocenters. The molecule has 0 bridgehead atoms. The summed E-state index contributed by atoms with van der Waals surface area (Å²) in [5.74, 6) is 0.481. The number of aromatic nitrogens is 3. The van der Waals surface area contributed by atoms with Gasteiger partial charge < -0.3 is 4.74 Å². The van der Waals surface area contributed by atoms with E-state index < -0.39 is 6.67 Å². The molecule has 0 spiro atoms. The molecule has 1 heterocycles. The Kier molecular flexibility index (Phi) is 3.31. The zero-order valence-electron chi connectivity index (χ0n) is 8.88. The third-order valence-corrected chi connectivity index (χ3v) is 2.07. The second-order valence-electron chi connectivity index (χ2n) is 3.15. The van der Waals surface area contributed by atoms with Crippen molar-refractivity contribution in [3.05, 3.63) is 36.2 Å². The molecule has 0 saturated heterocycles. The molecule has 0 amide bonds. The molecule has 0 fully saturated rings. The fraction of sp³-hybridized carbons (Fsp3) is 0.182. The zero-order chi connectivity index (χ0) is 12.1. The van der Waals surface area contributed by atoms with E-state index in [-0.39, 0.29) is 6.61 Å². The Labute approximate surface area is 97.1 Å². The lowest BCUT2D eigenvalue weighted by molar-refractivity contribution is 0.273. The molecule has 1 aromatic carbocycles. The highest BCUT2D eigenvalue weighted by Crippen LogP contribution is 2.19. The summed E-state index contributed by atoms with van der Waals surface area (Å²) in [6, 6.07) is 6.84. The molecule has 2 rings (SSSR count). The minimum absolute atomic E-state index is 0.0160. The van der Waals surface area contributed by atoms with Gasteiger partial charge in [0, 0.05) is 6.07 Å². The molecule has 6 heteroatoms. The van der Waals surface area contributed by atoms with Crippen molar-refractivity contribution in [3.8, 4) is 17.5 Å². The number of hydrogen-bond acceptors (Lipinski definition) is 4. The van der Waals surface area contributed by atoms with Gasteiger partial charge in [-0.2, -0.15) is 20.3 Å².